The minimum Gasteiger partial charge on any atom is -0.389 e. The van der Waals surface area contributed by atoms with E-state index >= 15 is 0 Å². The number of nitrogens with one attached hydrogen (secondary N) is 1. The van der Waals surface area contributed by atoms with Crippen LogP contribution in [0.4, 0.5) is 5.69 Å². The minimum atomic E-state index is -0.523. The number of benzene rings is 1. The Morgan fingerprint density at radius 2 is 2.33 bits per heavy atom. The first-order valence-electron chi connectivity index (χ1n) is 4.49. The van der Waals surface area contributed by atoms with Crippen molar-refractivity contribution in [1.29, 1.82) is 0 Å². The number of aliphatic hydroxyl groups is 1. The molecule has 0 bridgehead atoms. The van der Waals surface area contributed by atoms with Crippen molar-refractivity contribution in [3.8, 4) is 0 Å². The standard InChI is InChI=1S/C10H13ClINO2/c1-15-6-8(14)5-13-10-3-2-7(12)4-9(10)11/h2-4,8,13-14H,5-6H2,1H3. The molecule has 0 saturated heterocycles. The van der Waals surface area contributed by atoms with Crippen molar-refractivity contribution >= 4 is 39.9 Å². The maximum absolute atomic E-state index is 9.42. The predicted molar refractivity (Wildman–Crippen MR) is 70.5 cm³/mol. The first kappa shape index (κ1) is 13.0. The van der Waals surface area contributed by atoms with E-state index in [2.05, 4.69) is 27.9 Å². The van der Waals surface area contributed by atoms with Crippen LogP contribution in [0.15, 0.2) is 18.2 Å². The molecule has 5 heteroatoms. The third-order valence-corrected chi connectivity index (χ3v) is 2.80. The Morgan fingerprint density at radius 3 is 2.93 bits per heavy atom. The van der Waals surface area contributed by atoms with Gasteiger partial charge in [-0.2, -0.15) is 0 Å². The molecule has 3 nitrogen and oxygen atoms in total. The monoisotopic (exact) mass is 341 g/mol. The lowest BCUT2D eigenvalue weighted by atomic mass is 10.3. The molecule has 1 aromatic carbocycles. The highest BCUT2D eigenvalue weighted by Gasteiger charge is 2.05. The van der Waals surface area contributed by atoms with Crippen LogP contribution < -0.4 is 5.32 Å². The fraction of sp³-hybridized carbons (Fsp3) is 0.400. The van der Waals surface area contributed by atoms with Gasteiger partial charge in [-0.25, -0.2) is 0 Å². The number of anilines is 1. The summed E-state index contributed by atoms with van der Waals surface area (Å²) in [5.41, 5.74) is 0.826. The van der Waals surface area contributed by atoms with E-state index in [-0.39, 0.29) is 0 Å². The highest BCUT2D eigenvalue weighted by molar-refractivity contribution is 14.1. The summed E-state index contributed by atoms with van der Waals surface area (Å²) in [7, 11) is 1.56. The molecule has 0 fully saturated rings. The van der Waals surface area contributed by atoms with Crippen molar-refractivity contribution in [2.24, 2.45) is 0 Å². The van der Waals surface area contributed by atoms with Gasteiger partial charge < -0.3 is 15.2 Å². The van der Waals surface area contributed by atoms with E-state index in [1.807, 2.05) is 18.2 Å². The number of hydrogen-bond acceptors (Lipinski definition) is 3. The zero-order valence-corrected chi connectivity index (χ0v) is 11.2. The molecule has 2 N–H and O–H groups in total. The smallest absolute Gasteiger partial charge is 0.0945 e. The fourth-order valence-electron chi connectivity index (χ4n) is 1.11. The summed E-state index contributed by atoms with van der Waals surface area (Å²) in [5.74, 6) is 0. The molecule has 15 heavy (non-hydrogen) atoms. The Hall–Kier alpha value is -0.0400. The van der Waals surface area contributed by atoms with Crippen LogP contribution in [0.1, 0.15) is 0 Å². The Labute approximate surface area is 108 Å². The van der Waals surface area contributed by atoms with E-state index in [4.69, 9.17) is 16.3 Å². The summed E-state index contributed by atoms with van der Waals surface area (Å²) >= 11 is 8.21. The number of methoxy groups -OCH3 is 1. The summed E-state index contributed by atoms with van der Waals surface area (Å²) in [6, 6.07) is 5.72. The summed E-state index contributed by atoms with van der Waals surface area (Å²) in [6.07, 6.45) is -0.523. The Balaban J connectivity index is 2.50. The van der Waals surface area contributed by atoms with Gasteiger partial charge >= 0.3 is 0 Å². The van der Waals surface area contributed by atoms with E-state index in [0.29, 0.717) is 18.2 Å². The zero-order chi connectivity index (χ0) is 11.3. The van der Waals surface area contributed by atoms with Gasteiger partial charge in [-0.1, -0.05) is 11.6 Å². The highest BCUT2D eigenvalue weighted by Crippen LogP contribution is 2.23. The highest BCUT2D eigenvalue weighted by atomic mass is 127. The number of rotatable bonds is 5. The maximum atomic E-state index is 9.42. The van der Waals surface area contributed by atoms with Crippen LogP contribution in [-0.2, 0) is 4.74 Å². The van der Waals surface area contributed by atoms with Crippen LogP contribution in [-0.4, -0.2) is 31.5 Å². The Kier molecular flexibility index (Phi) is 5.66. The average Bonchev–Trinajstić information content (AvgIpc) is 2.17. The largest absolute Gasteiger partial charge is 0.389 e. The van der Waals surface area contributed by atoms with Crippen molar-refractivity contribution in [3.05, 3.63) is 26.8 Å². The van der Waals surface area contributed by atoms with Crippen LogP contribution in [0.25, 0.3) is 0 Å². The quantitative estimate of drug-likeness (QED) is 0.808. The molecule has 84 valence electrons. The van der Waals surface area contributed by atoms with Gasteiger partial charge in [-0.05, 0) is 40.8 Å². The molecule has 1 atom stereocenters. The molecule has 1 unspecified atom stereocenters. The normalized spacial score (nSPS) is 12.5. The molecule has 0 aromatic heterocycles. The van der Waals surface area contributed by atoms with Gasteiger partial charge in [0.15, 0.2) is 0 Å². The molecule has 0 aliphatic carbocycles. The van der Waals surface area contributed by atoms with Gasteiger partial charge in [0.05, 0.1) is 23.4 Å². The number of halogens is 2. The van der Waals surface area contributed by atoms with Gasteiger partial charge in [0.25, 0.3) is 0 Å². The molecule has 0 aliphatic rings. The third-order valence-electron chi connectivity index (χ3n) is 1.82. The van der Waals surface area contributed by atoms with Crippen molar-refractivity contribution in [2.45, 2.75) is 6.10 Å². The minimum absolute atomic E-state index is 0.314. The van der Waals surface area contributed by atoms with E-state index in [1.165, 1.54) is 0 Å². The second kappa shape index (κ2) is 6.52. The molecule has 1 aromatic rings. The second-order valence-electron chi connectivity index (χ2n) is 3.11. The Morgan fingerprint density at radius 1 is 1.60 bits per heavy atom. The van der Waals surface area contributed by atoms with Crippen molar-refractivity contribution in [3.63, 3.8) is 0 Å². The van der Waals surface area contributed by atoms with Gasteiger partial charge in [-0.15, -0.1) is 0 Å². The zero-order valence-electron chi connectivity index (χ0n) is 8.34. The van der Waals surface area contributed by atoms with E-state index in [1.54, 1.807) is 7.11 Å². The molecule has 0 heterocycles. The number of hydrogen-bond donors (Lipinski definition) is 2. The van der Waals surface area contributed by atoms with Gasteiger partial charge in [-0.3, -0.25) is 0 Å². The Bertz CT molecular complexity index is 322. The summed E-state index contributed by atoms with van der Waals surface area (Å²) < 4.78 is 5.90. The van der Waals surface area contributed by atoms with Gasteiger partial charge in [0, 0.05) is 17.2 Å². The lowest BCUT2D eigenvalue weighted by Gasteiger charge is -2.12. The first-order valence-corrected chi connectivity index (χ1v) is 5.95. The lowest BCUT2D eigenvalue weighted by Crippen LogP contribution is -2.24. The number of ether oxygens (including phenoxy) is 1. The summed E-state index contributed by atoms with van der Waals surface area (Å²) in [6.45, 7) is 0.739. The van der Waals surface area contributed by atoms with Crippen molar-refractivity contribution < 1.29 is 9.84 Å². The van der Waals surface area contributed by atoms with Crippen LogP contribution >= 0.6 is 34.2 Å². The molecule has 0 radical (unpaired) electrons. The fourth-order valence-corrected chi connectivity index (χ4v) is 2.03. The lowest BCUT2D eigenvalue weighted by molar-refractivity contribution is 0.0727. The molecule has 0 saturated carbocycles. The molecule has 0 spiro atoms. The molecular formula is C10H13ClINO2. The molecule has 0 aliphatic heterocycles. The van der Waals surface area contributed by atoms with E-state index < -0.39 is 6.10 Å². The first-order chi connectivity index (χ1) is 7.13. The van der Waals surface area contributed by atoms with E-state index in [0.717, 1.165) is 9.26 Å². The topological polar surface area (TPSA) is 41.5 Å². The van der Waals surface area contributed by atoms with Crippen molar-refractivity contribution in [2.75, 3.05) is 25.6 Å². The van der Waals surface area contributed by atoms with Gasteiger partial charge in [0.1, 0.15) is 0 Å². The third kappa shape index (κ3) is 4.55. The molecule has 1 rings (SSSR count). The van der Waals surface area contributed by atoms with Crippen molar-refractivity contribution in [1.82, 2.24) is 0 Å². The average molecular weight is 342 g/mol. The summed E-state index contributed by atoms with van der Waals surface area (Å²) in [4.78, 5) is 0. The van der Waals surface area contributed by atoms with Gasteiger partial charge in [0.2, 0.25) is 0 Å². The van der Waals surface area contributed by atoms with Crippen LogP contribution in [0.5, 0.6) is 0 Å². The van der Waals surface area contributed by atoms with Crippen LogP contribution in [0, 0.1) is 3.57 Å². The maximum Gasteiger partial charge on any atom is 0.0945 e. The van der Waals surface area contributed by atoms with Crippen LogP contribution in [0.3, 0.4) is 0 Å². The summed E-state index contributed by atoms with van der Waals surface area (Å²) in [5, 5.41) is 13.1. The molecular weight excluding hydrogens is 328 g/mol. The van der Waals surface area contributed by atoms with Crippen LogP contribution in [0.2, 0.25) is 5.02 Å². The number of aliphatic hydroxyl groups excluding tert-OH is 1. The molecule has 0 amide bonds. The SMILES string of the molecule is COCC(O)CNc1ccc(I)cc1Cl. The van der Waals surface area contributed by atoms with E-state index in [9.17, 15) is 5.11 Å². The predicted octanol–water partition coefficient (Wildman–Crippen LogP) is 2.36. The second-order valence-corrected chi connectivity index (χ2v) is 4.77.